The Morgan fingerprint density at radius 3 is 2.00 bits per heavy atom. The minimum Gasteiger partial charge on any atom is -0.385 e. The monoisotopic (exact) mass is 270 g/mol. The van der Waals surface area contributed by atoms with Crippen LogP contribution in [0.5, 0.6) is 0 Å². The highest BCUT2D eigenvalue weighted by molar-refractivity contribution is 5.25. The largest absolute Gasteiger partial charge is 0.385 e. The van der Waals surface area contributed by atoms with Gasteiger partial charge in [0.15, 0.2) is 0 Å². The Hall–Kier alpha value is -1.64. The number of unbranched alkanes of at least 4 members (excludes halogenated alkanes) is 1. The second-order valence-corrected chi connectivity index (χ2v) is 4.91. The highest BCUT2D eigenvalue weighted by Gasteiger charge is 2.23. The summed E-state index contributed by atoms with van der Waals surface area (Å²) in [7, 11) is 0. The van der Waals surface area contributed by atoms with Gasteiger partial charge in [0, 0.05) is 6.61 Å². The Bertz CT molecular complexity index is 481. The van der Waals surface area contributed by atoms with Crippen molar-refractivity contribution in [2.45, 2.75) is 32.0 Å². The summed E-state index contributed by atoms with van der Waals surface area (Å²) in [5.41, 5.74) is 1.90. The van der Waals surface area contributed by atoms with Crippen LogP contribution in [0.1, 0.15) is 43.1 Å². The summed E-state index contributed by atoms with van der Waals surface area (Å²) in [6.07, 6.45) is 1.13. The van der Waals surface area contributed by atoms with Gasteiger partial charge in [-0.1, -0.05) is 74.0 Å². The average molecular weight is 270 g/mol. The van der Waals surface area contributed by atoms with Crippen molar-refractivity contribution in [3.8, 4) is 0 Å². The first kappa shape index (κ1) is 14.8. The summed E-state index contributed by atoms with van der Waals surface area (Å²) in [6.45, 7) is 2.80. The molecule has 2 nitrogen and oxygen atoms in total. The number of aliphatic hydroxyl groups excluding tert-OH is 1. The molecule has 0 heterocycles. The summed E-state index contributed by atoms with van der Waals surface area (Å²) < 4.78 is 5.93. The van der Waals surface area contributed by atoms with E-state index in [0.29, 0.717) is 6.61 Å². The molecular formula is C18H22O2. The van der Waals surface area contributed by atoms with Crippen molar-refractivity contribution in [2.24, 2.45) is 0 Å². The lowest BCUT2D eigenvalue weighted by molar-refractivity contribution is -0.0420. The summed E-state index contributed by atoms with van der Waals surface area (Å²) in [5.74, 6) is 0. The maximum Gasteiger partial charge on any atom is 0.113 e. The van der Waals surface area contributed by atoms with Crippen LogP contribution in [0.4, 0.5) is 0 Å². The Labute approximate surface area is 121 Å². The molecule has 0 bridgehead atoms. The zero-order chi connectivity index (χ0) is 14.2. The van der Waals surface area contributed by atoms with Gasteiger partial charge in [-0.25, -0.2) is 0 Å². The standard InChI is InChI=1S/C18H22O2/c1-2-3-14-20-18(16-12-8-5-9-13-16)17(19)15-10-6-4-7-11-15/h4-13,17-19H,2-3,14H2,1H3/t17-,18-/m1/s1. The third kappa shape index (κ3) is 3.92. The molecular weight excluding hydrogens is 248 g/mol. The van der Waals surface area contributed by atoms with Gasteiger partial charge in [0.1, 0.15) is 12.2 Å². The first-order valence-corrected chi connectivity index (χ1v) is 7.22. The molecule has 0 fully saturated rings. The van der Waals surface area contributed by atoms with E-state index in [1.165, 1.54) is 0 Å². The number of hydrogen-bond acceptors (Lipinski definition) is 2. The van der Waals surface area contributed by atoms with E-state index in [-0.39, 0.29) is 6.10 Å². The number of rotatable bonds is 7. The zero-order valence-electron chi connectivity index (χ0n) is 11.9. The van der Waals surface area contributed by atoms with Crippen molar-refractivity contribution in [2.75, 3.05) is 6.61 Å². The van der Waals surface area contributed by atoms with E-state index < -0.39 is 6.10 Å². The van der Waals surface area contributed by atoms with Crippen molar-refractivity contribution >= 4 is 0 Å². The van der Waals surface area contributed by atoms with Crippen LogP contribution in [0.3, 0.4) is 0 Å². The fraction of sp³-hybridized carbons (Fsp3) is 0.333. The molecule has 0 aliphatic heterocycles. The van der Waals surface area contributed by atoms with E-state index >= 15 is 0 Å². The lowest BCUT2D eigenvalue weighted by Gasteiger charge is -2.24. The summed E-state index contributed by atoms with van der Waals surface area (Å²) in [4.78, 5) is 0. The first-order valence-electron chi connectivity index (χ1n) is 7.22. The second-order valence-electron chi connectivity index (χ2n) is 4.91. The van der Waals surface area contributed by atoms with Crippen LogP contribution in [-0.4, -0.2) is 11.7 Å². The highest BCUT2D eigenvalue weighted by Crippen LogP contribution is 2.32. The number of ether oxygens (including phenoxy) is 1. The smallest absolute Gasteiger partial charge is 0.113 e. The van der Waals surface area contributed by atoms with Crippen molar-refractivity contribution in [1.29, 1.82) is 0 Å². The van der Waals surface area contributed by atoms with E-state index in [0.717, 1.165) is 24.0 Å². The summed E-state index contributed by atoms with van der Waals surface area (Å²) in [5, 5.41) is 10.6. The predicted octanol–water partition coefficient (Wildman–Crippen LogP) is 4.28. The van der Waals surface area contributed by atoms with Gasteiger partial charge in [0.2, 0.25) is 0 Å². The van der Waals surface area contributed by atoms with Crippen molar-refractivity contribution in [1.82, 2.24) is 0 Å². The quantitative estimate of drug-likeness (QED) is 0.761. The zero-order valence-corrected chi connectivity index (χ0v) is 11.9. The molecule has 106 valence electrons. The maximum atomic E-state index is 10.6. The molecule has 2 aromatic rings. The minimum atomic E-state index is -0.643. The molecule has 0 amide bonds. The van der Waals surface area contributed by atoms with E-state index in [2.05, 4.69) is 6.92 Å². The molecule has 2 heteroatoms. The number of hydrogen-bond donors (Lipinski definition) is 1. The van der Waals surface area contributed by atoms with Gasteiger partial charge in [0.25, 0.3) is 0 Å². The van der Waals surface area contributed by atoms with Crippen LogP contribution in [-0.2, 0) is 4.74 Å². The fourth-order valence-electron chi connectivity index (χ4n) is 2.19. The molecule has 20 heavy (non-hydrogen) atoms. The molecule has 0 spiro atoms. The van der Waals surface area contributed by atoms with Crippen LogP contribution >= 0.6 is 0 Å². The lowest BCUT2D eigenvalue weighted by atomic mass is 9.98. The van der Waals surface area contributed by atoms with Crippen molar-refractivity contribution in [3.05, 3.63) is 71.8 Å². The van der Waals surface area contributed by atoms with Crippen molar-refractivity contribution in [3.63, 3.8) is 0 Å². The molecule has 0 aliphatic carbocycles. The van der Waals surface area contributed by atoms with Crippen molar-refractivity contribution < 1.29 is 9.84 Å². The SMILES string of the molecule is CCCCO[C@H](c1ccccc1)[C@H](O)c1ccccc1. The van der Waals surface area contributed by atoms with Gasteiger partial charge >= 0.3 is 0 Å². The molecule has 1 N–H and O–H groups in total. The van der Waals surface area contributed by atoms with Crippen LogP contribution in [0.15, 0.2) is 60.7 Å². The molecule has 0 saturated carbocycles. The Morgan fingerprint density at radius 1 is 0.900 bits per heavy atom. The van der Waals surface area contributed by atoms with Gasteiger partial charge < -0.3 is 9.84 Å². The minimum absolute atomic E-state index is 0.315. The predicted molar refractivity (Wildman–Crippen MR) is 81.4 cm³/mol. The van der Waals surface area contributed by atoms with Gasteiger partial charge in [-0.2, -0.15) is 0 Å². The summed E-state index contributed by atoms with van der Waals surface area (Å²) in [6, 6.07) is 19.6. The van der Waals surface area contributed by atoms with E-state index in [1.807, 2.05) is 60.7 Å². The normalized spacial score (nSPS) is 13.9. The number of aliphatic hydroxyl groups is 1. The Balaban J connectivity index is 2.17. The first-order chi connectivity index (χ1) is 9.83. The van der Waals surface area contributed by atoms with E-state index in [1.54, 1.807) is 0 Å². The van der Waals surface area contributed by atoms with Gasteiger partial charge in [-0.3, -0.25) is 0 Å². The highest BCUT2D eigenvalue weighted by atomic mass is 16.5. The third-order valence-corrected chi connectivity index (χ3v) is 3.35. The van der Waals surface area contributed by atoms with E-state index in [4.69, 9.17) is 4.74 Å². The van der Waals surface area contributed by atoms with Crippen LogP contribution in [0.25, 0.3) is 0 Å². The Kier molecular flexibility index (Phi) is 5.78. The lowest BCUT2D eigenvalue weighted by Crippen LogP contribution is -2.15. The fourth-order valence-corrected chi connectivity index (χ4v) is 2.19. The van der Waals surface area contributed by atoms with Crippen LogP contribution < -0.4 is 0 Å². The molecule has 0 saturated heterocycles. The molecule has 2 rings (SSSR count). The third-order valence-electron chi connectivity index (χ3n) is 3.35. The van der Waals surface area contributed by atoms with Gasteiger partial charge in [0.05, 0.1) is 0 Å². The molecule has 0 aromatic heterocycles. The average Bonchev–Trinajstić information content (AvgIpc) is 2.53. The second kappa shape index (κ2) is 7.83. The van der Waals surface area contributed by atoms with E-state index in [9.17, 15) is 5.11 Å². The van der Waals surface area contributed by atoms with Gasteiger partial charge in [-0.05, 0) is 17.5 Å². The molecule has 0 radical (unpaired) electrons. The van der Waals surface area contributed by atoms with Gasteiger partial charge in [-0.15, -0.1) is 0 Å². The number of benzene rings is 2. The molecule has 0 aliphatic rings. The topological polar surface area (TPSA) is 29.5 Å². The van der Waals surface area contributed by atoms with Crippen LogP contribution in [0, 0.1) is 0 Å². The maximum absolute atomic E-state index is 10.6. The Morgan fingerprint density at radius 2 is 1.45 bits per heavy atom. The van der Waals surface area contributed by atoms with Crippen LogP contribution in [0.2, 0.25) is 0 Å². The summed E-state index contributed by atoms with van der Waals surface area (Å²) >= 11 is 0. The molecule has 2 atom stereocenters. The molecule has 0 unspecified atom stereocenters. The molecule has 2 aromatic carbocycles.